The van der Waals surface area contributed by atoms with Crippen molar-refractivity contribution in [3.8, 4) is 6.07 Å². The molecule has 0 aromatic heterocycles. The molecule has 114 valence electrons. The van der Waals surface area contributed by atoms with Crippen molar-refractivity contribution in [3.05, 3.63) is 29.6 Å². The van der Waals surface area contributed by atoms with E-state index in [1.54, 1.807) is 6.07 Å². The van der Waals surface area contributed by atoms with Crippen molar-refractivity contribution in [1.82, 2.24) is 4.72 Å². The number of nitrogens with two attached hydrogens (primary N) is 1. The molecule has 1 aromatic rings. The number of nitrogens with one attached hydrogen (secondary N) is 1. The lowest BCUT2D eigenvalue weighted by atomic mass is 9.99. The molecule has 0 heterocycles. The smallest absolute Gasteiger partial charge is 0.240 e. The average Bonchev–Trinajstić information content (AvgIpc) is 2.99. The Hall–Kier alpha value is -1.49. The molecule has 0 amide bonds. The van der Waals surface area contributed by atoms with Crippen molar-refractivity contribution in [2.24, 2.45) is 11.7 Å². The van der Waals surface area contributed by atoms with E-state index in [0.717, 1.165) is 43.9 Å². The summed E-state index contributed by atoms with van der Waals surface area (Å²) in [5.74, 6) is -0.497. The van der Waals surface area contributed by atoms with E-state index in [2.05, 4.69) is 4.72 Å². The van der Waals surface area contributed by atoms with E-state index >= 15 is 0 Å². The molecule has 0 saturated heterocycles. The van der Waals surface area contributed by atoms with Crippen LogP contribution in [0.25, 0.3) is 0 Å². The SMILES string of the molecule is N#Cc1cc(S(=O)(=O)NC(CN)C2CCCC2)ccc1F. The Balaban J connectivity index is 2.23. The fourth-order valence-corrected chi connectivity index (χ4v) is 4.06. The quantitative estimate of drug-likeness (QED) is 0.861. The Kier molecular flexibility index (Phi) is 4.93. The molecule has 5 nitrogen and oxygen atoms in total. The average molecular weight is 311 g/mol. The van der Waals surface area contributed by atoms with Crippen molar-refractivity contribution in [2.45, 2.75) is 36.6 Å². The van der Waals surface area contributed by atoms with Gasteiger partial charge >= 0.3 is 0 Å². The van der Waals surface area contributed by atoms with Gasteiger partial charge in [0.2, 0.25) is 10.0 Å². The predicted molar refractivity (Wildman–Crippen MR) is 76.2 cm³/mol. The van der Waals surface area contributed by atoms with Gasteiger partial charge in [0.05, 0.1) is 10.5 Å². The highest BCUT2D eigenvalue weighted by Crippen LogP contribution is 2.28. The maximum Gasteiger partial charge on any atom is 0.240 e. The number of nitrogens with zero attached hydrogens (tertiary/aromatic N) is 1. The molecular formula is C14H18FN3O2S. The molecule has 3 N–H and O–H groups in total. The molecular weight excluding hydrogens is 293 g/mol. The normalized spacial score (nSPS) is 17.6. The molecule has 1 aromatic carbocycles. The minimum absolute atomic E-state index is 0.114. The van der Waals surface area contributed by atoms with Crippen LogP contribution in [0.1, 0.15) is 31.2 Å². The van der Waals surface area contributed by atoms with Crippen LogP contribution in [0, 0.1) is 23.1 Å². The van der Waals surface area contributed by atoms with Gasteiger partial charge in [0.15, 0.2) is 0 Å². The Morgan fingerprint density at radius 1 is 1.43 bits per heavy atom. The van der Waals surface area contributed by atoms with E-state index in [0.29, 0.717) is 0 Å². The molecule has 1 unspecified atom stereocenters. The highest BCUT2D eigenvalue weighted by atomic mass is 32.2. The number of nitriles is 1. The zero-order valence-corrected chi connectivity index (χ0v) is 12.4. The lowest BCUT2D eigenvalue weighted by Crippen LogP contribution is -2.44. The van der Waals surface area contributed by atoms with Gasteiger partial charge in [0, 0.05) is 12.6 Å². The number of sulfonamides is 1. The maximum atomic E-state index is 13.3. The van der Waals surface area contributed by atoms with Crippen LogP contribution in [0.3, 0.4) is 0 Å². The summed E-state index contributed by atoms with van der Waals surface area (Å²) in [7, 11) is -3.81. The summed E-state index contributed by atoms with van der Waals surface area (Å²) in [6.45, 7) is 0.218. The third-order valence-electron chi connectivity index (χ3n) is 3.90. The molecule has 1 aliphatic carbocycles. The number of rotatable bonds is 5. The Morgan fingerprint density at radius 2 is 2.10 bits per heavy atom. The first kappa shape index (κ1) is 15.9. The fraction of sp³-hybridized carbons (Fsp3) is 0.500. The second-order valence-corrected chi connectivity index (χ2v) is 6.98. The maximum absolute atomic E-state index is 13.3. The van der Waals surface area contributed by atoms with Crippen molar-refractivity contribution >= 4 is 10.0 Å². The van der Waals surface area contributed by atoms with Gasteiger partial charge in [-0.25, -0.2) is 17.5 Å². The highest BCUT2D eigenvalue weighted by Gasteiger charge is 2.28. The lowest BCUT2D eigenvalue weighted by Gasteiger charge is -2.23. The van der Waals surface area contributed by atoms with E-state index in [1.807, 2.05) is 0 Å². The fourth-order valence-electron chi connectivity index (χ4n) is 2.72. The summed E-state index contributed by atoms with van der Waals surface area (Å²) < 4.78 is 40.5. The van der Waals surface area contributed by atoms with E-state index in [9.17, 15) is 12.8 Å². The van der Waals surface area contributed by atoms with Gasteiger partial charge in [-0.1, -0.05) is 12.8 Å². The van der Waals surface area contributed by atoms with Crippen LogP contribution >= 0.6 is 0 Å². The molecule has 0 spiro atoms. The minimum Gasteiger partial charge on any atom is -0.329 e. The van der Waals surface area contributed by atoms with Crippen LogP contribution < -0.4 is 10.5 Å². The molecule has 0 aliphatic heterocycles. The molecule has 1 fully saturated rings. The first-order valence-corrected chi connectivity index (χ1v) is 8.38. The second-order valence-electron chi connectivity index (χ2n) is 5.26. The number of hydrogen-bond donors (Lipinski definition) is 2. The van der Waals surface area contributed by atoms with Crippen molar-refractivity contribution in [3.63, 3.8) is 0 Å². The summed E-state index contributed by atoms with van der Waals surface area (Å²) in [5.41, 5.74) is 5.39. The first-order chi connectivity index (χ1) is 9.97. The van der Waals surface area contributed by atoms with Gasteiger partial charge in [-0.3, -0.25) is 0 Å². The molecule has 0 bridgehead atoms. The van der Waals surface area contributed by atoms with Crippen LogP contribution in [-0.2, 0) is 10.0 Å². The predicted octanol–water partition coefficient (Wildman–Crippen LogP) is 1.49. The van der Waals surface area contributed by atoms with E-state index in [1.165, 1.54) is 0 Å². The van der Waals surface area contributed by atoms with Crippen LogP contribution in [-0.4, -0.2) is 21.0 Å². The monoisotopic (exact) mass is 311 g/mol. The number of halogens is 1. The van der Waals surface area contributed by atoms with E-state index in [4.69, 9.17) is 11.0 Å². The van der Waals surface area contributed by atoms with E-state index in [-0.39, 0.29) is 29.0 Å². The number of hydrogen-bond acceptors (Lipinski definition) is 4. The zero-order chi connectivity index (χ0) is 15.5. The third kappa shape index (κ3) is 3.59. The van der Waals surface area contributed by atoms with Gasteiger partial charge in [-0.2, -0.15) is 5.26 Å². The third-order valence-corrected chi connectivity index (χ3v) is 5.39. The van der Waals surface area contributed by atoms with Crippen molar-refractivity contribution in [1.29, 1.82) is 5.26 Å². The molecule has 1 atom stereocenters. The van der Waals surface area contributed by atoms with Crippen molar-refractivity contribution in [2.75, 3.05) is 6.54 Å². The molecule has 7 heteroatoms. The number of benzene rings is 1. The zero-order valence-electron chi connectivity index (χ0n) is 11.5. The Bertz CT molecular complexity index is 649. The highest BCUT2D eigenvalue weighted by molar-refractivity contribution is 7.89. The minimum atomic E-state index is -3.81. The van der Waals surface area contributed by atoms with Crippen molar-refractivity contribution < 1.29 is 12.8 Å². The van der Waals surface area contributed by atoms with Crippen LogP contribution in [0.2, 0.25) is 0 Å². The summed E-state index contributed by atoms with van der Waals surface area (Å²) >= 11 is 0. The standard InChI is InChI=1S/C14H18FN3O2S/c15-13-6-5-12(7-11(13)8-16)21(19,20)18-14(9-17)10-3-1-2-4-10/h5-7,10,14,18H,1-4,9,17H2. The Morgan fingerprint density at radius 3 is 2.67 bits per heavy atom. The van der Waals surface area contributed by atoms with Gasteiger partial charge in [0.25, 0.3) is 0 Å². The molecule has 1 saturated carbocycles. The van der Waals surface area contributed by atoms with Gasteiger partial charge in [-0.15, -0.1) is 0 Å². The summed E-state index contributed by atoms with van der Waals surface area (Å²) in [5, 5.41) is 8.78. The molecule has 1 aliphatic rings. The Labute approximate surface area is 124 Å². The van der Waals surface area contributed by atoms with Gasteiger partial charge < -0.3 is 5.73 Å². The van der Waals surface area contributed by atoms with Gasteiger partial charge in [0.1, 0.15) is 11.9 Å². The van der Waals surface area contributed by atoms with E-state index < -0.39 is 15.8 Å². The molecule has 21 heavy (non-hydrogen) atoms. The topological polar surface area (TPSA) is 96.0 Å². The molecule has 2 rings (SSSR count). The first-order valence-electron chi connectivity index (χ1n) is 6.90. The summed E-state index contributed by atoms with van der Waals surface area (Å²) in [4.78, 5) is -0.114. The van der Waals surface area contributed by atoms with Crippen LogP contribution in [0.4, 0.5) is 4.39 Å². The lowest BCUT2D eigenvalue weighted by molar-refractivity contribution is 0.405. The molecule has 0 radical (unpaired) electrons. The van der Waals surface area contributed by atoms with Gasteiger partial charge in [-0.05, 0) is 37.0 Å². The summed E-state index contributed by atoms with van der Waals surface area (Å²) in [6.07, 6.45) is 4.07. The van der Waals surface area contributed by atoms with Crippen LogP contribution in [0.15, 0.2) is 23.1 Å². The largest absolute Gasteiger partial charge is 0.329 e. The summed E-state index contributed by atoms with van der Waals surface area (Å²) in [6, 6.07) is 4.49. The second kappa shape index (κ2) is 6.52. The van der Waals surface area contributed by atoms with Crippen LogP contribution in [0.5, 0.6) is 0 Å².